The zero-order valence-electron chi connectivity index (χ0n) is 28.3. The van der Waals surface area contributed by atoms with Gasteiger partial charge in [-0.1, -0.05) is 136 Å². The Kier molecular flexibility index (Phi) is 7.85. The predicted molar refractivity (Wildman–Crippen MR) is 207 cm³/mol. The first-order valence-electron chi connectivity index (χ1n) is 16.9. The second-order valence-corrected chi connectivity index (χ2v) is 13.7. The number of hydrogen-bond acceptors (Lipinski definition) is 4. The number of aliphatic imine (C=N–C) groups is 1. The van der Waals surface area contributed by atoms with E-state index < -0.39 is 0 Å². The van der Waals surface area contributed by atoms with Crippen LogP contribution in [0.1, 0.15) is 31.9 Å². The van der Waals surface area contributed by atoms with Crippen LogP contribution in [0.3, 0.4) is 0 Å². The Morgan fingerprint density at radius 1 is 0.600 bits per heavy atom. The molecule has 242 valence electrons. The summed E-state index contributed by atoms with van der Waals surface area (Å²) in [4.78, 5) is 9.89. The number of para-hydroxylation sites is 1. The number of aromatic hydroxyl groups is 1. The molecule has 1 aromatic heterocycles. The van der Waals surface area contributed by atoms with E-state index in [1.54, 1.807) is 12.3 Å². The van der Waals surface area contributed by atoms with Crippen LogP contribution in [0.5, 0.6) is 5.75 Å². The minimum absolute atomic E-state index is 0.0550. The summed E-state index contributed by atoms with van der Waals surface area (Å²) in [6.45, 7) is 6.46. The molecular formula is C46H36N2O2. The van der Waals surface area contributed by atoms with Crippen LogP contribution < -0.4 is 0 Å². The van der Waals surface area contributed by atoms with Crippen LogP contribution in [-0.4, -0.2) is 16.3 Å². The van der Waals surface area contributed by atoms with Crippen molar-refractivity contribution in [1.82, 2.24) is 4.98 Å². The molecule has 1 N–H and O–H groups in total. The first-order chi connectivity index (χ1) is 24.3. The highest BCUT2D eigenvalue weighted by atomic mass is 16.3. The third kappa shape index (κ3) is 5.97. The number of benzene rings is 7. The molecule has 8 rings (SSSR count). The number of aromatic nitrogens is 1. The van der Waals surface area contributed by atoms with Gasteiger partial charge in [-0.15, -0.1) is 0 Å². The fourth-order valence-electron chi connectivity index (χ4n) is 6.50. The van der Waals surface area contributed by atoms with Crippen LogP contribution >= 0.6 is 0 Å². The van der Waals surface area contributed by atoms with Crippen molar-refractivity contribution in [2.75, 3.05) is 0 Å². The zero-order valence-corrected chi connectivity index (χ0v) is 28.3. The van der Waals surface area contributed by atoms with Gasteiger partial charge < -0.3 is 9.52 Å². The van der Waals surface area contributed by atoms with Crippen LogP contribution in [0.4, 0.5) is 5.69 Å². The Bertz CT molecular complexity index is 2510. The average Bonchev–Trinajstić information content (AvgIpc) is 3.58. The van der Waals surface area contributed by atoms with Gasteiger partial charge in [0.15, 0.2) is 5.58 Å². The fraction of sp³-hybridized carbons (Fsp3) is 0.0870. The molecule has 0 amide bonds. The quantitative estimate of drug-likeness (QED) is 0.183. The number of nitrogens with zero attached hydrogens (tertiary/aromatic N) is 2. The fourth-order valence-corrected chi connectivity index (χ4v) is 6.50. The first-order valence-corrected chi connectivity index (χ1v) is 16.9. The lowest BCUT2D eigenvalue weighted by Crippen LogP contribution is -2.11. The number of oxazole rings is 1. The van der Waals surface area contributed by atoms with E-state index in [9.17, 15) is 5.11 Å². The lowest BCUT2D eigenvalue weighted by atomic mass is 9.86. The van der Waals surface area contributed by atoms with Crippen LogP contribution in [0.25, 0.3) is 66.7 Å². The monoisotopic (exact) mass is 648 g/mol. The summed E-state index contributed by atoms with van der Waals surface area (Å²) >= 11 is 0. The van der Waals surface area contributed by atoms with E-state index in [-0.39, 0.29) is 11.2 Å². The molecule has 0 atom stereocenters. The Labute approximate surface area is 292 Å². The summed E-state index contributed by atoms with van der Waals surface area (Å²) in [5, 5.41) is 13.1. The van der Waals surface area contributed by atoms with Gasteiger partial charge in [-0.3, -0.25) is 4.99 Å². The summed E-state index contributed by atoms with van der Waals surface area (Å²) in [5.74, 6) is 0.673. The van der Waals surface area contributed by atoms with Crippen molar-refractivity contribution in [3.8, 4) is 50.6 Å². The molecule has 0 radical (unpaired) electrons. The van der Waals surface area contributed by atoms with Gasteiger partial charge in [-0.25, -0.2) is 4.98 Å². The number of fused-ring (bicyclic) bond motifs is 2. The Balaban J connectivity index is 1.20. The smallest absolute Gasteiger partial charge is 0.229 e. The highest BCUT2D eigenvalue weighted by molar-refractivity contribution is 5.99. The Morgan fingerprint density at radius 2 is 1.28 bits per heavy atom. The molecule has 4 heteroatoms. The number of hydrogen-bond donors (Lipinski definition) is 1. The van der Waals surface area contributed by atoms with Gasteiger partial charge in [0.2, 0.25) is 5.89 Å². The van der Waals surface area contributed by atoms with E-state index in [0.29, 0.717) is 22.7 Å². The van der Waals surface area contributed by atoms with Crippen molar-refractivity contribution in [2.45, 2.75) is 26.2 Å². The number of phenolic OH excluding ortho intramolecular Hbond substituents is 1. The molecule has 0 aliphatic carbocycles. The number of phenols is 1. The van der Waals surface area contributed by atoms with Gasteiger partial charge in [-0.05, 0) is 86.0 Å². The summed E-state index contributed by atoms with van der Waals surface area (Å²) in [5.41, 5.74) is 11.3. The number of rotatable bonds is 6. The summed E-state index contributed by atoms with van der Waals surface area (Å²) in [6, 6.07) is 51.8. The van der Waals surface area contributed by atoms with Crippen molar-refractivity contribution in [1.29, 1.82) is 0 Å². The molecule has 0 aliphatic heterocycles. The van der Waals surface area contributed by atoms with E-state index in [2.05, 4.69) is 112 Å². The Morgan fingerprint density at radius 3 is 2.10 bits per heavy atom. The highest BCUT2D eigenvalue weighted by Crippen LogP contribution is 2.39. The second kappa shape index (κ2) is 12.6. The minimum atomic E-state index is -0.0550. The third-order valence-corrected chi connectivity index (χ3v) is 9.27. The highest BCUT2D eigenvalue weighted by Gasteiger charge is 2.18. The molecule has 0 saturated heterocycles. The maximum atomic E-state index is 10.6. The van der Waals surface area contributed by atoms with Crippen molar-refractivity contribution in [2.24, 2.45) is 4.99 Å². The molecule has 4 nitrogen and oxygen atoms in total. The molecular weight excluding hydrogens is 613 g/mol. The molecule has 8 aromatic rings. The van der Waals surface area contributed by atoms with E-state index in [0.717, 1.165) is 38.9 Å². The van der Waals surface area contributed by atoms with E-state index in [1.807, 2.05) is 54.6 Å². The summed E-state index contributed by atoms with van der Waals surface area (Å²) in [6.07, 6.45) is 1.71. The standard InChI is InChI=1S/C46H36N2O2/c1-46(2,3)36-24-25-42(49)35(26-36)29-47-41-19-10-9-17-39(41)45-48-44-40(32-12-5-4-6-13-32)27-34(28-43(44)50-45)30-20-22-33(23-21-30)38-18-11-15-31-14-7-8-16-37(31)38/h4-29,49H,1-3H3. The van der Waals surface area contributed by atoms with Gasteiger partial charge in [0.1, 0.15) is 11.3 Å². The molecule has 0 bridgehead atoms. The van der Waals surface area contributed by atoms with Crippen LogP contribution in [0.2, 0.25) is 0 Å². The Hall–Kier alpha value is -6.26. The zero-order chi connectivity index (χ0) is 34.2. The van der Waals surface area contributed by atoms with Crippen LogP contribution in [-0.2, 0) is 5.41 Å². The van der Waals surface area contributed by atoms with Crippen molar-refractivity contribution < 1.29 is 9.52 Å². The van der Waals surface area contributed by atoms with Crippen molar-refractivity contribution in [3.05, 3.63) is 163 Å². The van der Waals surface area contributed by atoms with Gasteiger partial charge in [-0.2, -0.15) is 0 Å². The van der Waals surface area contributed by atoms with Gasteiger partial charge in [0.05, 0.1) is 11.3 Å². The average molecular weight is 649 g/mol. The molecule has 0 aliphatic rings. The van der Waals surface area contributed by atoms with Crippen molar-refractivity contribution in [3.63, 3.8) is 0 Å². The maximum absolute atomic E-state index is 10.6. The third-order valence-electron chi connectivity index (χ3n) is 9.27. The summed E-state index contributed by atoms with van der Waals surface area (Å²) in [7, 11) is 0. The SMILES string of the molecule is CC(C)(C)c1ccc(O)c(C=Nc2ccccc2-c2nc3c(-c4ccccc4)cc(-c4ccc(-c5cccc6ccccc56)cc4)cc3o2)c1. The normalized spacial score (nSPS) is 11.9. The first kappa shape index (κ1) is 31.0. The lowest BCUT2D eigenvalue weighted by molar-refractivity contribution is 0.473. The van der Waals surface area contributed by atoms with Gasteiger partial charge >= 0.3 is 0 Å². The van der Waals surface area contributed by atoms with E-state index in [4.69, 9.17) is 14.4 Å². The van der Waals surface area contributed by atoms with Gasteiger partial charge in [0, 0.05) is 17.3 Å². The predicted octanol–water partition coefficient (Wildman–Crippen LogP) is 12.4. The van der Waals surface area contributed by atoms with Crippen LogP contribution in [0, 0.1) is 0 Å². The van der Waals surface area contributed by atoms with E-state index >= 15 is 0 Å². The second-order valence-electron chi connectivity index (χ2n) is 13.7. The molecule has 0 unspecified atom stereocenters. The topological polar surface area (TPSA) is 58.6 Å². The molecule has 50 heavy (non-hydrogen) atoms. The molecule has 1 heterocycles. The summed E-state index contributed by atoms with van der Waals surface area (Å²) < 4.78 is 6.57. The maximum Gasteiger partial charge on any atom is 0.229 e. The molecule has 0 saturated carbocycles. The molecule has 0 fully saturated rings. The largest absolute Gasteiger partial charge is 0.507 e. The van der Waals surface area contributed by atoms with E-state index in [1.165, 1.54) is 21.9 Å². The minimum Gasteiger partial charge on any atom is -0.507 e. The van der Waals surface area contributed by atoms with Gasteiger partial charge in [0.25, 0.3) is 0 Å². The van der Waals surface area contributed by atoms with Crippen molar-refractivity contribution >= 4 is 33.8 Å². The van der Waals surface area contributed by atoms with Crippen LogP contribution in [0.15, 0.2) is 161 Å². The molecule has 7 aromatic carbocycles. The molecule has 0 spiro atoms. The lowest BCUT2D eigenvalue weighted by Gasteiger charge is -2.19.